The van der Waals surface area contributed by atoms with Crippen LogP contribution in [0.15, 0.2) is 24.3 Å². The van der Waals surface area contributed by atoms with Crippen molar-refractivity contribution in [3.8, 4) is 6.07 Å². The molecule has 3 nitrogen and oxygen atoms in total. The molecule has 1 unspecified atom stereocenters. The fourth-order valence-electron chi connectivity index (χ4n) is 1.74. The predicted octanol–water partition coefficient (Wildman–Crippen LogP) is 2.77. The Balaban J connectivity index is 2.54. The summed E-state index contributed by atoms with van der Waals surface area (Å²) < 4.78 is 0. The van der Waals surface area contributed by atoms with E-state index >= 15 is 0 Å². The average Bonchev–Trinajstić information content (AvgIpc) is 2.24. The molecule has 0 fully saturated rings. The van der Waals surface area contributed by atoms with Crippen molar-refractivity contribution in [2.75, 3.05) is 11.9 Å². The highest BCUT2D eigenvalue weighted by molar-refractivity contribution is 5.57. The number of nitrogens with zero attached hydrogens (tertiary/aromatic N) is 1. The van der Waals surface area contributed by atoms with Gasteiger partial charge < -0.3 is 10.4 Å². The number of nitriles is 1. The van der Waals surface area contributed by atoms with Crippen molar-refractivity contribution < 1.29 is 5.11 Å². The van der Waals surface area contributed by atoms with Crippen molar-refractivity contribution in [1.82, 2.24) is 0 Å². The van der Waals surface area contributed by atoms with Crippen LogP contribution < -0.4 is 5.32 Å². The summed E-state index contributed by atoms with van der Waals surface area (Å²) in [5.74, 6) is 0. The van der Waals surface area contributed by atoms with Crippen molar-refractivity contribution in [3.05, 3.63) is 29.8 Å². The number of hydrogen-bond acceptors (Lipinski definition) is 3. The zero-order valence-corrected chi connectivity index (χ0v) is 10.7. The van der Waals surface area contributed by atoms with E-state index in [9.17, 15) is 5.11 Å². The van der Waals surface area contributed by atoms with Gasteiger partial charge in [-0.15, -0.1) is 0 Å². The van der Waals surface area contributed by atoms with E-state index in [2.05, 4.69) is 32.2 Å². The molecule has 0 bridgehead atoms. The van der Waals surface area contributed by atoms with Crippen molar-refractivity contribution in [2.24, 2.45) is 5.41 Å². The number of aliphatic hydroxyl groups is 1. The smallest absolute Gasteiger partial charge is 0.101 e. The Morgan fingerprint density at radius 2 is 2.00 bits per heavy atom. The van der Waals surface area contributed by atoms with E-state index in [4.69, 9.17) is 5.26 Å². The second-order valence-corrected chi connectivity index (χ2v) is 5.46. The first kappa shape index (κ1) is 13.5. The van der Waals surface area contributed by atoms with Crippen LogP contribution in [-0.4, -0.2) is 17.8 Å². The number of hydrogen-bond donors (Lipinski definition) is 2. The van der Waals surface area contributed by atoms with Crippen LogP contribution in [0.5, 0.6) is 0 Å². The molecular formula is C14H20N2O. The molecule has 17 heavy (non-hydrogen) atoms. The van der Waals surface area contributed by atoms with Gasteiger partial charge in [0.25, 0.3) is 0 Å². The second kappa shape index (κ2) is 5.70. The molecule has 1 atom stereocenters. The lowest BCUT2D eigenvalue weighted by Crippen LogP contribution is -2.25. The topological polar surface area (TPSA) is 56.0 Å². The molecule has 0 saturated carbocycles. The van der Waals surface area contributed by atoms with Gasteiger partial charge in [0, 0.05) is 6.54 Å². The zero-order valence-electron chi connectivity index (χ0n) is 10.7. The summed E-state index contributed by atoms with van der Waals surface area (Å²) in [5.41, 5.74) is 1.49. The van der Waals surface area contributed by atoms with Gasteiger partial charge in [-0.25, -0.2) is 0 Å². The SMILES string of the molecule is CC(C)(C)CC(O)CNc1ccccc1C#N. The van der Waals surface area contributed by atoms with Gasteiger partial charge in [-0.05, 0) is 24.0 Å². The van der Waals surface area contributed by atoms with Crippen LogP contribution in [0.1, 0.15) is 32.8 Å². The summed E-state index contributed by atoms with van der Waals surface area (Å²) in [6, 6.07) is 9.44. The van der Waals surface area contributed by atoms with E-state index in [1.165, 1.54) is 0 Å². The molecule has 92 valence electrons. The minimum atomic E-state index is -0.401. The van der Waals surface area contributed by atoms with Crippen molar-refractivity contribution in [1.29, 1.82) is 5.26 Å². The third kappa shape index (κ3) is 4.88. The van der Waals surface area contributed by atoms with Crippen LogP contribution in [0.4, 0.5) is 5.69 Å². The van der Waals surface area contributed by atoms with Crippen LogP contribution in [0.25, 0.3) is 0 Å². The third-order valence-electron chi connectivity index (χ3n) is 2.42. The fraction of sp³-hybridized carbons (Fsp3) is 0.500. The third-order valence-corrected chi connectivity index (χ3v) is 2.42. The molecule has 2 N–H and O–H groups in total. The summed E-state index contributed by atoms with van der Waals surface area (Å²) in [6.07, 6.45) is 0.330. The lowest BCUT2D eigenvalue weighted by molar-refractivity contribution is 0.132. The van der Waals surface area contributed by atoms with E-state index in [-0.39, 0.29) is 5.41 Å². The highest BCUT2D eigenvalue weighted by Crippen LogP contribution is 2.21. The lowest BCUT2D eigenvalue weighted by Gasteiger charge is -2.22. The molecule has 1 aromatic rings. The summed E-state index contributed by atoms with van der Waals surface area (Å²) in [4.78, 5) is 0. The minimum Gasteiger partial charge on any atom is -0.391 e. The molecule has 0 radical (unpaired) electrons. The van der Waals surface area contributed by atoms with Gasteiger partial charge in [0.05, 0.1) is 17.4 Å². The Morgan fingerprint density at radius 1 is 1.35 bits per heavy atom. The van der Waals surface area contributed by atoms with Crippen molar-refractivity contribution in [3.63, 3.8) is 0 Å². The Labute approximate surface area is 103 Å². The van der Waals surface area contributed by atoms with E-state index in [0.29, 0.717) is 12.1 Å². The number of benzene rings is 1. The molecule has 0 aromatic heterocycles. The number of anilines is 1. The minimum absolute atomic E-state index is 0.107. The van der Waals surface area contributed by atoms with E-state index in [0.717, 1.165) is 12.1 Å². The molecule has 1 aromatic carbocycles. The van der Waals surface area contributed by atoms with E-state index < -0.39 is 6.10 Å². The van der Waals surface area contributed by atoms with Gasteiger partial charge in [0.15, 0.2) is 0 Å². The maximum Gasteiger partial charge on any atom is 0.101 e. The maximum absolute atomic E-state index is 9.86. The summed E-state index contributed by atoms with van der Waals surface area (Å²) in [7, 11) is 0. The van der Waals surface area contributed by atoms with Crippen LogP contribution in [-0.2, 0) is 0 Å². The number of nitrogens with one attached hydrogen (secondary N) is 1. The Bertz CT molecular complexity index is 401. The lowest BCUT2D eigenvalue weighted by atomic mass is 9.89. The van der Waals surface area contributed by atoms with Gasteiger partial charge in [0.1, 0.15) is 6.07 Å². The van der Waals surface area contributed by atoms with Crippen LogP contribution in [0, 0.1) is 16.7 Å². The molecule has 0 heterocycles. The average molecular weight is 232 g/mol. The van der Waals surface area contributed by atoms with Crippen LogP contribution in [0.2, 0.25) is 0 Å². The molecule has 0 aliphatic rings. The normalized spacial score (nSPS) is 12.9. The monoisotopic (exact) mass is 232 g/mol. The molecule has 0 saturated heterocycles. The molecule has 1 rings (SSSR count). The summed E-state index contributed by atoms with van der Waals surface area (Å²) >= 11 is 0. The Hall–Kier alpha value is -1.53. The van der Waals surface area contributed by atoms with Crippen LogP contribution >= 0.6 is 0 Å². The maximum atomic E-state index is 9.86. The number of para-hydroxylation sites is 1. The number of aliphatic hydroxyl groups excluding tert-OH is 1. The largest absolute Gasteiger partial charge is 0.391 e. The summed E-state index contributed by atoms with van der Waals surface area (Å²) in [5, 5.41) is 21.9. The molecular weight excluding hydrogens is 212 g/mol. The van der Waals surface area contributed by atoms with Gasteiger partial charge in [0.2, 0.25) is 0 Å². The van der Waals surface area contributed by atoms with E-state index in [1.54, 1.807) is 6.07 Å². The number of rotatable bonds is 4. The molecule has 0 amide bonds. The van der Waals surface area contributed by atoms with Crippen molar-refractivity contribution >= 4 is 5.69 Å². The van der Waals surface area contributed by atoms with Crippen molar-refractivity contribution in [2.45, 2.75) is 33.3 Å². The zero-order chi connectivity index (χ0) is 12.9. The van der Waals surface area contributed by atoms with Crippen LogP contribution in [0.3, 0.4) is 0 Å². The molecule has 0 aliphatic carbocycles. The van der Waals surface area contributed by atoms with E-state index in [1.807, 2.05) is 18.2 Å². The fourth-order valence-corrected chi connectivity index (χ4v) is 1.74. The Morgan fingerprint density at radius 3 is 2.59 bits per heavy atom. The standard InChI is InChI=1S/C14H20N2O/c1-14(2,3)8-12(17)10-16-13-7-5-4-6-11(13)9-15/h4-7,12,16-17H,8,10H2,1-3H3. The Kier molecular flexibility index (Phi) is 4.53. The molecule has 0 aliphatic heterocycles. The first-order chi connectivity index (χ1) is 7.92. The van der Waals surface area contributed by atoms with Gasteiger partial charge in [-0.3, -0.25) is 0 Å². The second-order valence-electron chi connectivity index (χ2n) is 5.46. The van der Waals surface area contributed by atoms with Gasteiger partial charge in [-0.2, -0.15) is 5.26 Å². The first-order valence-electron chi connectivity index (χ1n) is 5.83. The van der Waals surface area contributed by atoms with Gasteiger partial charge in [-0.1, -0.05) is 32.9 Å². The molecule has 3 heteroatoms. The predicted molar refractivity (Wildman–Crippen MR) is 69.7 cm³/mol. The quantitative estimate of drug-likeness (QED) is 0.839. The first-order valence-corrected chi connectivity index (χ1v) is 5.83. The van der Waals surface area contributed by atoms with Gasteiger partial charge >= 0.3 is 0 Å². The molecule has 0 spiro atoms. The summed E-state index contributed by atoms with van der Waals surface area (Å²) in [6.45, 7) is 6.76. The highest BCUT2D eigenvalue weighted by atomic mass is 16.3. The highest BCUT2D eigenvalue weighted by Gasteiger charge is 2.16.